The third-order valence-corrected chi connectivity index (χ3v) is 2.42. The molecular formula is C10H12Cl2N2O. The average Bonchev–Trinajstić information content (AvgIpc) is 2.09. The number of rotatable bonds is 2. The Bertz CT molecular complexity index is 365. The molecule has 0 aliphatic carbocycles. The van der Waals surface area contributed by atoms with Crippen LogP contribution in [0.25, 0.3) is 0 Å². The summed E-state index contributed by atoms with van der Waals surface area (Å²) < 4.78 is 0. The van der Waals surface area contributed by atoms with E-state index in [4.69, 9.17) is 28.9 Å². The summed E-state index contributed by atoms with van der Waals surface area (Å²) in [6.45, 7) is 3.21. The number of hydrogen-bond acceptors (Lipinski definition) is 2. The third-order valence-electron chi connectivity index (χ3n) is 1.79. The van der Waals surface area contributed by atoms with Crippen LogP contribution in [0.15, 0.2) is 18.2 Å². The summed E-state index contributed by atoms with van der Waals surface area (Å²) in [4.78, 5) is 11.6. The molecule has 0 aliphatic rings. The Hall–Kier alpha value is -0.770. The summed E-state index contributed by atoms with van der Waals surface area (Å²) >= 11 is 11.8. The van der Waals surface area contributed by atoms with Crippen LogP contribution in [0.5, 0.6) is 0 Å². The van der Waals surface area contributed by atoms with Gasteiger partial charge in [-0.2, -0.15) is 0 Å². The van der Waals surface area contributed by atoms with Crippen molar-refractivity contribution < 1.29 is 4.79 Å². The summed E-state index contributed by atoms with van der Waals surface area (Å²) in [5, 5.41) is 3.37. The molecule has 1 aromatic carbocycles. The van der Waals surface area contributed by atoms with Crippen LogP contribution in [-0.4, -0.2) is 11.4 Å². The molecule has 0 radical (unpaired) electrons. The summed E-state index contributed by atoms with van der Waals surface area (Å²) in [6.07, 6.45) is 0. The van der Waals surface area contributed by atoms with E-state index in [1.807, 2.05) is 0 Å². The van der Waals surface area contributed by atoms with Crippen LogP contribution in [0.1, 0.15) is 13.8 Å². The van der Waals surface area contributed by atoms with Crippen molar-refractivity contribution in [2.45, 2.75) is 19.4 Å². The Balaban J connectivity index is 2.95. The van der Waals surface area contributed by atoms with Crippen molar-refractivity contribution in [2.24, 2.45) is 5.73 Å². The molecule has 5 heteroatoms. The number of anilines is 1. The normalized spacial score (nSPS) is 11.3. The number of para-hydroxylation sites is 1. The van der Waals surface area contributed by atoms with Gasteiger partial charge in [-0.05, 0) is 26.0 Å². The third kappa shape index (κ3) is 3.09. The lowest BCUT2D eigenvalue weighted by Gasteiger charge is -2.18. The predicted molar refractivity (Wildman–Crippen MR) is 63.4 cm³/mol. The Labute approximate surface area is 98.5 Å². The van der Waals surface area contributed by atoms with Gasteiger partial charge in [0.1, 0.15) is 0 Å². The lowest BCUT2D eigenvalue weighted by Crippen LogP contribution is -2.45. The fourth-order valence-corrected chi connectivity index (χ4v) is 1.38. The van der Waals surface area contributed by atoms with E-state index in [2.05, 4.69) is 5.32 Å². The molecule has 3 N–H and O–H groups in total. The van der Waals surface area contributed by atoms with Crippen LogP contribution in [-0.2, 0) is 4.79 Å². The van der Waals surface area contributed by atoms with Crippen LogP contribution in [0.4, 0.5) is 5.69 Å². The Morgan fingerprint density at radius 1 is 1.33 bits per heavy atom. The maximum Gasteiger partial charge on any atom is 0.243 e. The molecule has 0 bridgehead atoms. The largest absolute Gasteiger partial charge is 0.322 e. The first-order chi connectivity index (χ1) is 6.82. The SMILES string of the molecule is CC(C)(N)C(=O)Nc1c(Cl)cccc1Cl. The molecule has 0 atom stereocenters. The maximum atomic E-state index is 11.6. The molecule has 0 heterocycles. The number of benzene rings is 1. The van der Waals surface area contributed by atoms with E-state index in [1.165, 1.54) is 0 Å². The molecule has 0 unspecified atom stereocenters. The van der Waals surface area contributed by atoms with Crippen molar-refractivity contribution in [3.8, 4) is 0 Å². The second kappa shape index (κ2) is 4.39. The molecule has 0 aromatic heterocycles. The number of carbonyl (C=O) groups excluding carboxylic acids is 1. The Morgan fingerprint density at radius 2 is 1.80 bits per heavy atom. The number of carbonyl (C=O) groups is 1. The van der Waals surface area contributed by atoms with Gasteiger partial charge < -0.3 is 11.1 Å². The van der Waals surface area contributed by atoms with E-state index in [0.717, 1.165) is 0 Å². The molecule has 0 saturated carbocycles. The Kier molecular flexibility index (Phi) is 3.60. The molecule has 1 aromatic rings. The quantitative estimate of drug-likeness (QED) is 0.844. The van der Waals surface area contributed by atoms with Gasteiger partial charge in [0.15, 0.2) is 0 Å². The van der Waals surface area contributed by atoms with Gasteiger partial charge in [-0.1, -0.05) is 29.3 Å². The Morgan fingerprint density at radius 3 is 2.20 bits per heavy atom. The number of halogens is 2. The summed E-state index contributed by atoms with van der Waals surface area (Å²) in [5.41, 5.74) is 5.05. The second-order valence-electron chi connectivity index (χ2n) is 3.77. The van der Waals surface area contributed by atoms with E-state index >= 15 is 0 Å². The zero-order chi connectivity index (χ0) is 11.6. The van der Waals surface area contributed by atoms with E-state index in [0.29, 0.717) is 15.7 Å². The van der Waals surface area contributed by atoms with Gasteiger partial charge in [0.05, 0.1) is 21.3 Å². The number of nitrogens with one attached hydrogen (secondary N) is 1. The minimum absolute atomic E-state index is 0.336. The highest BCUT2D eigenvalue weighted by molar-refractivity contribution is 6.39. The lowest BCUT2D eigenvalue weighted by atomic mass is 10.1. The molecule has 0 saturated heterocycles. The fraction of sp³-hybridized carbons (Fsp3) is 0.300. The van der Waals surface area contributed by atoms with Crippen molar-refractivity contribution in [1.29, 1.82) is 0 Å². The monoisotopic (exact) mass is 246 g/mol. The number of amides is 1. The molecule has 15 heavy (non-hydrogen) atoms. The molecule has 82 valence electrons. The van der Waals surface area contributed by atoms with Crippen molar-refractivity contribution in [3.05, 3.63) is 28.2 Å². The van der Waals surface area contributed by atoms with Gasteiger partial charge in [-0.3, -0.25) is 4.79 Å². The molecule has 0 fully saturated rings. The predicted octanol–water partition coefficient (Wildman–Crippen LogP) is 2.67. The van der Waals surface area contributed by atoms with Crippen LogP contribution in [0, 0.1) is 0 Å². The minimum Gasteiger partial charge on any atom is -0.322 e. The number of hydrogen-bond donors (Lipinski definition) is 2. The minimum atomic E-state index is -0.970. The molecule has 0 aliphatic heterocycles. The van der Waals surface area contributed by atoms with E-state index in [9.17, 15) is 4.79 Å². The molecule has 3 nitrogen and oxygen atoms in total. The zero-order valence-corrected chi connectivity index (χ0v) is 9.99. The van der Waals surface area contributed by atoms with Crippen LogP contribution < -0.4 is 11.1 Å². The van der Waals surface area contributed by atoms with Crippen LogP contribution >= 0.6 is 23.2 Å². The topological polar surface area (TPSA) is 55.1 Å². The lowest BCUT2D eigenvalue weighted by molar-refractivity contribution is -0.120. The highest BCUT2D eigenvalue weighted by Crippen LogP contribution is 2.30. The van der Waals surface area contributed by atoms with Gasteiger partial charge in [-0.25, -0.2) is 0 Å². The van der Waals surface area contributed by atoms with Gasteiger partial charge in [0.25, 0.3) is 0 Å². The first-order valence-corrected chi connectivity index (χ1v) is 5.12. The standard InChI is InChI=1S/C10H12Cl2N2O/c1-10(2,13)9(15)14-8-6(11)4-3-5-7(8)12/h3-5H,13H2,1-2H3,(H,14,15). The van der Waals surface area contributed by atoms with Crippen LogP contribution in [0.2, 0.25) is 10.0 Å². The molecule has 1 amide bonds. The first-order valence-electron chi connectivity index (χ1n) is 4.36. The maximum absolute atomic E-state index is 11.6. The summed E-state index contributed by atoms with van der Waals surface area (Å²) in [7, 11) is 0. The smallest absolute Gasteiger partial charge is 0.243 e. The summed E-state index contributed by atoms with van der Waals surface area (Å²) in [5.74, 6) is -0.336. The van der Waals surface area contributed by atoms with Gasteiger partial charge >= 0.3 is 0 Å². The van der Waals surface area contributed by atoms with E-state index in [1.54, 1.807) is 32.0 Å². The number of nitrogens with two attached hydrogens (primary N) is 1. The highest BCUT2D eigenvalue weighted by atomic mass is 35.5. The second-order valence-corrected chi connectivity index (χ2v) is 4.59. The van der Waals surface area contributed by atoms with Crippen molar-refractivity contribution in [2.75, 3.05) is 5.32 Å². The highest BCUT2D eigenvalue weighted by Gasteiger charge is 2.23. The van der Waals surface area contributed by atoms with Gasteiger partial charge in [0.2, 0.25) is 5.91 Å². The fourth-order valence-electron chi connectivity index (χ4n) is 0.892. The van der Waals surface area contributed by atoms with Crippen molar-refractivity contribution in [1.82, 2.24) is 0 Å². The van der Waals surface area contributed by atoms with Crippen molar-refractivity contribution >= 4 is 34.8 Å². The van der Waals surface area contributed by atoms with Gasteiger partial charge in [-0.15, -0.1) is 0 Å². The molecule has 1 rings (SSSR count). The molecule has 0 spiro atoms. The van der Waals surface area contributed by atoms with E-state index in [-0.39, 0.29) is 5.91 Å². The zero-order valence-electron chi connectivity index (χ0n) is 8.47. The average molecular weight is 247 g/mol. The van der Waals surface area contributed by atoms with Crippen LogP contribution in [0.3, 0.4) is 0 Å². The molecular weight excluding hydrogens is 235 g/mol. The van der Waals surface area contributed by atoms with Crippen molar-refractivity contribution in [3.63, 3.8) is 0 Å². The first kappa shape index (κ1) is 12.3. The van der Waals surface area contributed by atoms with Gasteiger partial charge in [0, 0.05) is 0 Å². The van der Waals surface area contributed by atoms with E-state index < -0.39 is 5.54 Å². The summed E-state index contributed by atoms with van der Waals surface area (Å²) in [6, 6.07) is 4.99.